The molecule has 1 saturated heterocycles. The zero-order chi connectivity index (χ0) is 9.97. The monoisotopic (exact) mass is 194 g/mol. The number of aliphatic hydroxyl groups excluding tert-OH is 2. The van der Waals surface area contributed by atoms with Crippen LogP contribution >= 0.6 is 0 Å². The minimum atomic E-state index is -0.551. The molecule has 1 heterocycles. The number of ether oxygens (including phenoxy) is 1. The molecular formula is C11H14O3. The first-order valence-corrected chi connectivity index (χ1v) is 4.80. The lowest BCUT2D eigenvalue weighted by Gasteiger charge is -2.11. The van der Waals surface area contributed by atoms with Crippen LogP contribution in [0.1, 0.15) is 18.1 Å². The van der Waals surface area contributed by atoms with Gasteiger partial charge in [-0.1, -0.05) is 30.3 Å². The zero-order valence-corrected chi connectivity index (χ0v) is 7.84. The SMILES string of the molecule is OCC1OC(c2ccccc2)CC1O. The molecule has 1 aromatic carbocycles. The molecule has 2 rings (SSSR count). The third kappa shape index (κ3) is 1.80. The fourth-order valence-corrected chi connectivity index (χ4v) is 1.78. The van der Waals surface area contributed by atoms with Crippen molar-refractivity contribution in [2.24, 2.45) is 0 Å². The van der Waals surface area contributed by atoms with Gasteiger partial charge < -0.3 is 14.9 Å². The molecule has 3 nitrogen and oxygen atoms in total. The minimum Gasteiger partial charge on any atom is -0.394 e. The van der Waals surface area contributed by atoms with Gasteiger partial charge >= 0.3 is 0 Å². The summed E-state index contributed by atoms with van der Waals surface area (Å²) in [5, 5.41) is 18.5. The van der Waals surface area contributed by atoms with Gasteiger partial charge in [-0.25, -0.2) is 0 Å². The van der Waals surface area contributed by atoms with Crippen molar-refractivity contribution >= 4 is 0 Å². The highest BCUT2D eigenvalue weighted by Crippen LogP contribution is 2.32. The summed E-state index contributed by atoms with van der Waals surface area (Å²) >= 11 is 0. The maximum absolute atomic E-state index is 9.54. The van der Waals surface area contributed by atoms with E-state index in [-0.39, 0.29) is 12.7 Å². The summed E-state index contributed by atoms with van der Waals surface area (Å²) in [5.74, 6) is 0. The Bertz CT molecular complexity index is 286. The normalized spacial score (nSPS) is 32.0. The van der Waals surface area contributed by atoms with E-state index >= 15 is 0 Å². The summed E-state index contributed by atoms with van der Waals surface area (Å²) in [4.78, 5) is 0. The Morgan fingerprint density at radius 3 is 2.57 bits per heavy atom. The molecule has 76 valence electrons. The van der Waals surface area contributed by atoms with Crippen molar-refractivity contribution in [2.75, 3.05) is 6.61 Å². The van der Waals surface area contributed by atoms with Gasteiger partial charge in [0.15, 0.2) is 0 Å². The van der Waals surface area contributed by atoms with Crippen LogP contribution < -0.4 is 0 Å². The summed E-state index contributed by atoms with van der Waals surface area (Å²) in [6.45, 7) is -0.121. The van der Waals surface area contributed by atoms with E-state index in [0.29, 0.717) is 6.42 Å². The van der Waals surface area contributed by atoms with Gasteiger partial charge in [0, 0.05) is 6.42 Å². The molecular weight excluding hydrogens is 180 g/mol. The van der Waals surface area contributed by atoms with E-state index in [1.54, 1.807) is 0 Å². The Kier molecular flexibility index (Phi) is 2.82. The summed E-state index contributed by atoms with van der Waals surface area (Å²) in [5.41, 5.74) is 1.06. The lowest BCUT2D eigenvalue weighted by Crippen LogP contribution is -2.24. The highest BCUT2D eigenvalue weighted by Gasteiger charge is 2.33. The molecule has 0 saturated carbocycles. The molecule has 1 aliphatic heterocycles. The Morgan fingerprint density at radius 1 is 1.29 bits per heavy atom. The van der Waals surface area contributed by atoms with Crippen LogP contribution in [0.25, 0.3) is 0 Å². The van der Waals surface area contributed by atoms with Crippen LogP contribution in [-0.2, 0) is 4.74 Å². The maximum atomic E-state index is 9.54. The zero-order valence-electron chi connectivity index (χ0n) is 7.84. The van der Waals surface area contributed by atoms with Crippen LogP contribution in [0.2, 0.25) is 0 Å². The van der Waals surface area contributed by atoms with Gasteiger partial charge in [0.1, 0.15) is 6.10 Å². The predicted octanol–water partition coefficient (Wildman–Crippen LogP) is 0.870. The van der Waals surface area contributed by atoms with E-state index in [2.05, 4.69) is 0 Å². The van der Waals surface area contributed by atoms with E-state index in [0.717, 1.165) is 5.56 Å². The summed E-state index contributed by atoms with van der Waals surface area (Å²) in [7, 11) is 0. The van der Waals surface area contributed by atoms with Crippen LogP contribution in [0, 0.1) is 0 Å². The quantitative estimate of drug-likeness (QED) is 0.734. The molecule has 0 aliphatic carbocycles. The smallest absolute Gasteiger partial charge is 0.107 e. The molecule has 14 heavy (non-hydrogen) atoms. The summed E-state index contributed by atoms with van der Waals surface area (Å²) in [6.07, 6.45) is -0.497. The van der Waals surface area contributed by atoms with E-state index < -0.39 is 12.2 Å². The van der Waals surface area contributed by atoms with E-state index in [4.69, 9.17) is 9.84 Å². The number of benzene rings is 1. The second-order valence-electron chi connectivity index (χ2n) is 3.56. The van der Waals surface area contributed by atoms with Gasteiger partial charge in [0.05, 0.1) is 18.8 Å². The van der Waals surface area contributed by atoms with Crippen LogP contribution in [0.3, 0.4) is 0 Å². The van der Waals surface area contributed by atoms with Crippen molar-refractivity contribution in [2.45, 2.75) is 24.7 Å². The average Bonchev–Trinajstić information content (AvgIpc) is 2.61. The Labute approximate surface area is 83.0 Å². The highest BCUT2D eigenvalue weighted by atomic mass is 16.5. The third-order valence-corrected chi connectivity index (χ3v) is 2.58. The molecule has 3 heteroatoms. The predicted molar refractivity (Wildman–Crippen MR) is 51.8 cm³/mol. The summed E-state index contributed by atoms with van der Waals surface area (Å²) < 4.78 is 5.51. The molecule has 0 bridgehead atoms. The van der Waals surface area contributed by atoms with Crippen LogP contribution in [0.4, 0.5) is 0 Å². The Morgan fingerprint density at radius 2 is 2.00 bits per heavy atom. The number of aliphatic hydroxyl groups is 2. The molecule has 3 unspecified atom stereocenters. The molecule has 2 N–H and O–H groups in total. The number of hydrogen-bond donors (Lipinski definition) is 2. The van der Waals surface area contributed by atoms with Crippen LogP contribution in [0.5, 0.6) is 0 Å². The van der Waals surface area contributed by atoms with Crippen molar-refractivity contribution in [1.29, 1.82) is 0 Å². The lowest BCUT2D eigenvalue weighted by molar-refractivity contribution is -0.0225. The van der Waals surface area contributed by atoms with Crippen molar-refractivity contribution in [1.82, 2.24) is 0 Å². The van der Waals surface area contributed by atoms with Crippen molar-refractivity contribution in [3.05, 3.63) is 35.9 Å². The standard InChI is InChI=1S/C11H14O3/c12-7-11-9(13)6-10(14-11)8-4-2-1-3-5-8/h1-5,9-13H,6-7H2. The number of rotatable bonds is 2. The molecule has 1 aromatic rings. The van der Waals surface area contributed by atoms with Crippen molar-refractivity contribution < 1.29 is 14.9 Å². The second kappa shape index (κ2) is 4.09. The second-order valence-corrected chi connectivity index (χ2v) is 3.56. The minimum absolute atomic E-state index is 0.0802. The molecule has 0 spiro atoms. The topological polar surface area (TPSA) is 49.7 Å². The lowest BCUT2D eigenvalue weighted by atomic mass is 10.1. The van der Waals surface area contributed by atoms with Gasteiger partial charge in [0.25, 0.3) is 0 Å². The van der Waals surface area contributed by atoms with Gasteiger partial charge in [0.2, 0.25) is 0 Å². The van der Waals surface area contributed by atoms with E-state index in [1.807, 2.05) is 30.3 Å². The first-order chi connectivity index (χ1) is 6.81. The van der Waals surface area contributed by atoms with Crippen LogP contribution in [0.15, 0.2) is 30.3 Å². The average molecular weight is 194 g/mol. The molecule has 3 atom stereocenters. The Balaban J connectivity index is 2.09. The largest absolute Gasteiger partial charge is 0.394 e. The van der Waals surface area contributed by atoms with Gasteiger partial charge in [-0.05, 0) is 5.56 Å². The van der Waals surface area contributed by atoms with Gasteiger partial charge in [-0.2, -0.15) is 0 Å². The third-order valence-electron chi connectivity index (χ3n) is 2.58. The molecule has 0 amide bonds. The van der Waals surface area contributed by atoms with Crippen molar-refractivity contribution in [3.63, 3.8) is 0 Å². The molecule has 0 radical (unpaired) electrons. The van der Waals surface area contributed by atoms with Gasteiger partial charge in [-0.3, -0.25) is 0 Å². The molecule has 1 aliphatic rings. The van der Waals surface area contributed by atoms with Crippen LogP contribution in [-0.4, -0.2) is 29.0 Å². The first kappa shape index (κ1) is 9.65. The maximum Gasteiger partial charge on any atom is 0.107 e. The fourth-order valence-electron chi connectivity index (χ4n) is 1.78. The van der Waals surface area contributed by atoms with E-state index in [1.165, 1.54) is 0 Å². The fraction of sp³-hybridized carbons (Fsp3) is 0.455. The number of hydrogen-bond acceptors (Lipinski definition) is 3. The summed E-state index contributed by atoms with van der Waals surface area (Å²) in [6, 6.07) is 9.77. The first-order valence-electron chi connectivity index (χ1n) is 4.80. The van der Waals surface area contributed by atoms with Gasteiger partial charge in [-0.15, -0.1) is 0 Å². The Hall–Kier alpha value is -0.900. The molecule has 1 fully saturated rings. The highest BCUT2D eigenvalue weighted by molar-refractivity contribution is 5.18. The van der Waals surface area contributed by atoms with Crippen molar-refractivity contribution in [3.8, 4) is 0 Å². The molecule has 0 aromatic heterocycles. The van der Waals surface area contributed by atoms with E-state index in [9.17, 15) is 5.11 Å².